The third kappa shape index (κ3) is 4.57. The van der Waals surface area contributed by atoms with E-state index in [0.717, 1.165) is 35.7 Å². The van der Waals surface area contributed by atoms with E-state index in [9.17, 15) is 14.4 Å². The van der Waals surface area contributed by atoms with E-state index in [2.05, 4.69) is 15.6 Å². The molecule has 7 heteroatoms. The SMILES string of the molecule is COC(=O)C(NC(=O)C(Cc1c[nH]c2ccccc12)NC(=O)C12CC3CC(CC(C3)C1)C2)C(C)C. The van der Waals surface area contributed by atoms with Crippen molar-refractivity contribution in [1.29, 1.82) is 0 Å². The third-order valence-corrected chi connectivity index (χ3v) is 8.66. The first kappa shape index (κ1) is 23.9. The van der Waals surface area contributed by atoms with Gasteiger partial charge in [-0.3, -0.25) is 9.59 Å². The van der Waals surface area contributed by atoms with Gasteiger partial charge in [0.1, 0.15) is 12.1 Å². The fourth-order valence-electron chi connectivity index (χ4n) is 7.31. The molecule has 4 aliphatic rings. The summed E-state index contributed by atoms with van der Waals surface area (Å²) in [5.41, 5.74) is 1.60. The van der Waals surface area contributed by atoms with Gasteiger partial charge in [0.2, 0.25) is 11.8 Å². The number of hydrogen-bond acceptors (Lipinski definition) is 4. The van der Waals surface area contributed by atoms with E-state index in [1.807, 2.05) is 44.3 Å². The van der Waals surface area contributed by atoms with Gasteiger partial charge in [-0.15, -0.1) is 0 Å². The highest BCUT2D eigenvalue weighted by molar-refractivity contribution is 5.93. The molecule has 2 atom stereocenters. The minimum atomic E-state index is -0.777. The molecular weight excluding hydrogens is 442 g/mol. The Balaban J connectivity index is 1.40. The minimum Gasteiger partial charge on any atom is -0.467 e. The van der Waals surface area contributed by atoms with Crippen LogP contribution in [0.4, 0.5) is 0 Å². The normalized spacial score (nSPS) is 28.6. The first-order valence-electron chi connectivity index (χ1n) is 13.0. The van der Waals surface area contributed by atoms with E-state index in [1.165, 1.54) is 26.4 Å². The first-order chi connectivity index (χ1) is 16.8. The summed E-state index contributed by atoms with van der Waals surface area (Å²) < 4.78 is 4.92. The summed E-state index contributed by atoms with van der Waals surface area (Å²) in [7, 11) is 1.32. The molecule has 3 N–H and O–H groups in total. The van der Waals surface area contributed by atoms with Crippen molar-refractivity contribution in [2.75, 3.05) is 7.11 Å². The Labute approximate surface area is 206 Å². The molecule has 2 amide bonds. The van der Waals surface area contributed by atoms with Crippen LogP contribution < -0.4 is 10.6 Å². The summed E-state index contributed by atoms with van der Waals surface area (Å²) in [5.74, 6) is 0.950. The maximum absolute atomic E-state index is 13.8. The van der Waals surface area contributed by atoms with Crippen molar-refractivity contribution in [3.8, 4) is 0 Å². The third-order valence-electron chi connectivity index (χ3n) is 8.66. The van der Waals surface area contributed by atoms with Gasteiger partial charge in [0.25, 0.3) is 0 Å². The molecule has 1 heterocycles. The molecule has 35 heavy (non-hydrogen) atoms. The van der Waals surface area contributed by atoms with Crippen molar-refractivity contribution in [2.45, 2.75) is 70.9 Å². The van der Waals surface area contributed by atoms with Gasteiger partial charge in [0.15, 0.2) is 0 Å². The van der Waals surface area contributed by atoms with Crippen LogP contribution in [0.15, 0.2) is 30.5 Å². The molecule has 7 nitrogen and oxygen atoms in total. The van der Waals surface area contributed by atoms with E-state index in [4.69, 9.17) is 4.74 Å². The summed E-state index contributed by atoms with van der Waals surface area (Å²) in [6, 6.07) is 6.39. The number of aromatic amines is 1. The lowest BCUT2D eigenvalue weighted by Crippen LogP contribution is -2.59. The molecule has 0 radical (unpaired) electrons. The molecule has 0 saturated heterocycles. The summed E-state index contributed by atoms with van der Waals surface area (Å²) in [6.45, 7) is 3.73. The lowest BCUT2D eigenvalue weighted by Gasteiger charge is -2.55. The fraction of sp³-hybridized carbons (Fsp3) is 0.607. The highest BCUT2D eigenvalue weighted by atomic mass is 16.5. The van der Waals surface area contributed by atoms with E-state index in [1.54, 1.807) is 0 Å². The lowest BCUT2D eigenvalue weighted by molar-refractivity contribution is -0.149. The Morgan fingerprint density at radius 2 is 1.66 bits per heavy atom. The number of nitrogens with one attached hydrogen (secondary N) is 3. The summed E-state index contributed by atoms with van der Waals surface area (Å²) in [5, 5.41) is 7.06. The van der Waals surface area contributed by atoms with Crippen LogP contribution in [0.2, 0.25) is 0 Å². The summed E-state index contributed by atoms with van der Waals surface area (Å²) in [6.07, 6.45) is 8.81. The Kier molecular flexibility index (Phi) is 6.36. The van der Waals surface area contributed by atoms with Crippen molar-refractivity contribution < 1.29 is 19.1 Å². The number of H-pyrrole nitrogens is 1. The number of amides is 2. The average molecular weight is 480 g/mol. The number of hydrogen-bond donors (Lipinski definition) is 3. The van der Waals surface area contributed by atoms with Crippen LogP contribution in [-0.4, -0.2) is 42.0 Å². The monoisotopic (exact) mass is 479 g/mol. The van der Waals surface area contributed by atoms with Crippen LogP contribution in [0.3, 0.4) is 0 Å². The number of methoxy groups -OCH3 is 1. The molecule has 4 fully saturated rings. The van der Waals surface area contributed by atoms with Gasteiger partial charge in [0.05, 0.1) is 7.11 Å². The Hall–Kier alpha value is -2.83. The summed E-state index contributed by atoms with van der Waals surface area (Å²) >= 11 is 0. The van der Waals surface area contributed by atoms with Gasteiger partial charge < -0.3 is 20.4 Å². The number of carbonyl (C=O) groups is 3. The topological polar surface area (TPSA) is 100 Å². The highest BCUT2D eigenvalue weighted by Gasteiger charge is 2.55. The quantitative estimate of drug-likeness (QED) is 0.502. The Bertz CT molecular complexity index is 1090. The molecule has 1 aromatic carbocycles. The second kappa shape index (κ2) is 9.32. The van der Waals surface area contributed by atoms with E-state index < -0.39 is 18.1 Å². The molecule has 188 valence electrons. The standard InChI is InChI=1S/C28H37N3O4/c1-16(2)24(26(33)35-3)31-25(32)23(11-20-15-29-22-7-5-4-6-21(20)22)30-27(34)28-12-17-8-18(13-28)10-19(9-17)14-28/h4-7,15-19,23-24,29H,8-14H2,1-3H3,(H,30,34)(H,31,32). The van der Waals surface area contributed by atoms with Crippen molar-refractivity contribution in [3.63, 3.8) is 0 Å². The van der Waals surface area contributed by atoms with Gasteiger partial charge in [-0.05, 0) is 73.8 Å². The number of aromatic nitrogens is 1. The van der Waals surface area contributed by atoms with Gasteiger partial charge >= 0.3 is 5.97 Å². The second-order valence-electron chi connectivity index (χ2n) is 11.5. The van der Waals surface area contributed by atoms with Crippen molar-refractivity contribution in [3.05, 3.63) is 36.0 Å². The zero-order chi connectivity index (χ0) is 24.7. The summed E-state index contributed by atoms with van der Waals surface area (Å²) in [4.78, 5) is 43.0. The van der Waals surface area contributed by atoms with Crippen LogP contribution in [0.5, 0.6) is 0 Å². The molecule has 4 saturated carbocycles. The van der Waals surface area contributed by atoms with Crippen molar-refractivity contribution in [2.24, 2.45) is 29.1 Å². The van der Waals surface area contributed by atoms with Gasteiger partial charge in [0, 0.05) is 28.9 Å². The van der Waals surface area contributed by atoms with E-state index in [-0.39, 0.29) is 23.1 Å². The molecule has 2 aromatic rings. The molecule has 4 bridgehead atoms. The van der Waals surface area contributed by atoms with Crippen molar-refractivity contribution in [1.82, 2.24) is 15.6 Å². The largest absolute Gasteiger partial charge is 0.467 e. The minimum absolute atomic E-state index is 0.00996. The molecular formula is C28H37N3O4. The van der Waals surface area contributed by atoms with Crippen LogP contribution in [-0.2, 0) is 25.5 Å². The van der Waals surface area contributed by atoms with Crippen LogP contribution in [0, 0.1) is 29.1 Å². The van der Waals surface area contributed by atoms with Crippen LogP contribution >= 0.6 is 0 Å². The molecule has 6 rings (SSSR count). The fourth-order valence-corrected chi connectivity index (χ4v) is 7.31. The van der Waals surface area contributed by atoms with Gasteiger partial charge in [-0.25, -0.2) is 4.79 Å². The lowest BCUT2D eigenvalue weighted by atomic mass is 9.49. The highest BCUT2D eigenvalue weighted by Crippen LogP contribution is 2.60. The average Bonchev–Trinajstić information content (AvgIpc) is 3.23. The number of esters is 1. The van der Waals surface area contributed by atoms with E-state index >= 15 is 0 Å². The molecule has 4 aliphatic carbocycles. The maximum atomic E-state index is 13.8. The maximum Gasteiger partial charge on any atom is 0.328 e. The van der Waals surface area contributed by atoms with E-state index in [0.29, 0.717) is 24.2 Å². The van der Waals surface area contributed by atoms with Gasteiger partial charge in [-0.2, -0.15) is 0 Å². The first-order valence-corrected chi connectivity index (χ1v) is 13.0. The molecule has 2 unspecified atom stereocenters. The Morgan fingerprint density at radius 1 is 1.03 bits per heavy atom. The zero-order valence-corrected chi connectivity index (χ0v) is 20.9. The zero-order valence-electron chi connectivity index (χ0n) is 20.9. The van der Waals surface area contributed by atoms with Crippen LogP contribution in [0.1, 0.15) is 57.9 Å². The Morgan fingerprint density at radius 3 is 2.26 bits per heavy atom. The smallest absolute Gasteiger partial charge is 0.328 e. The predicted octanol–water partition coefficient (Wildman–Crippen LogP) is 3.73. The number of fused-ring (bicyclic) bond motifs is 1. The molecule has 1 aromatic heterocycles. The van der Waals surface area contributed by atoms with Crippen molar-refractivity contribution >= 4 is 28.7 Å². The number of rotatable bonds is 8. The molecule has 0 spiro atoms. The van der Waals surface area contributed by atoms with Gasteiger partial charge in [-0.1, -0.05) is 32.0 Å². The number of benzene rings is 1. The molecule has 0 aliphatic heterocycles. The predicted molar refractivity (Wildman–Crippen MR) is 133 cm³/mol. The number of para-hydroxylation sites is 1. The number of carbonyl (C=O) groups excluding carboxylic acids is 3. The number of ether oxygens (including phenoxy) is 1. The van der Waals surface area contributed by atoms with Crippen LogP contribution in [0.25, 0.3) is 10.9 Å². The second-order valence-corrected chi connectivity index (χ2v) is 11.5.